The lowest BCUT2D eigenvalue weighted by Crippen LogP contribution is -2.48. The zero-order valence-electron chi connectivity index (χ0n) is 18.0. The van der Waals surface area contributed by atoms with Crippen molar-refractivity contribution in [3.63, 3.8) is 0 Å². The molecule has 9 nitrogen and oxygen atoms in total. The highest BCUT2D eigenvalue weighted by Crippen LogP contribution is 2.24. The van der Waals surface area contributed by atoms with Gasteiger partial charge in [-0.25, -0.2) is 0 Å². The van der Waals surface area contributed by atoms with E-state index in [2.05, 4.69) is 16.9 Å². The van der Waals surface area contributed by atoms with Gasteiger partial charge in [-0.1, -0.05) is 12.7 Å². The molecule has 0 bridgehead atoms. The molecule has 2 heterocycles. The van der Waals surface area contributed by atoms with Crippen molar-refractivity contribution in [2.24, 2.45) is 5.73 Å². The molecule has 0 aromatic carbocycles. The third kappa shape index (κ3) is 6.18. The first-order valence-electron chi connectivity index (χ1n) is 9.81. The number of methoxy groups -OCH3 is 2. The van der Waals surface area contributed by atoms with Crippen molar-refractivity contribution in [3.05, 3.63) is 59.8 Å². The summed E-state index contributed by atoms with van der Waals surface area (Å²) in [5.74, 6) is -1.03. The van der Waals surface area contributed by atoms with Gasteiger partial charge in [-0.15, -0.1) is 0 Å². The van der Waals surface area contributed by atoms with Crippen LogP contribution in [-0.2, 0) is 19.1 Å². The van der Waals surface area contributed by atoms with Gasteiger partial charge in [-0.2, -0.15) is 0 Å². The van der Waals surface area contributed by atoms with Crippen molar-refractivity contribution in [1.82, 2.24) is 9.88 Å². The molecule has 0 aliphatic carbocycles. The van der Waals surface area contributed by atoms with Gasteiger partial charge in [0, 0.05) is 12.7 Å². The van der Waals surface area contributed by atoms with E-state index < -0.39 is 17.7 Å². The number of nitrogens with two attached hydrogens (primary N) is 1. The highest BCUT2D eigenvalue weighted by molar-refractivity contribution is 6.39. The molecule has 2 rings (SSSR count). The fraction of sp³-hybridized carbons (Fsp3) is 0.364. The van der Waals surface area contributed by atoms with Gasteiger partial charge in [-0.3, -0.25) is 19.4 Å². The minimum absolute atomic E-state index is 0.132. The van der Waals surface area contributed by atoms with E-state index in [9.17, 15) is 14.4 Å². The van der Waals surface area contributed by atoms with Crippen LogP contribution in [0.15, 0.2) is 54.3 Å². The van der Waals surface area contributed by atoms with Gasteiger partial charge in [0.25, 0.3) is 0 Å². The molecule has 1 atom stereocenters. The monoisotopic (exact) mass is 428 g/mol. The van der Waals surface area contributed by atoms with Crippen molar-refractivity contribution < 1.29 is 23.9 Å². The predicted octanol–water partition coefficient (Wildman–Crippen LogP) is 2.14. The van der Waals surface area contributed by atoms with Crippen molar-refractivity contribution in [3.8, 4) is 0 Å². The van der Waals surface area contributed by atoms with E-state index in [1.807, 2.05) is 0 Å². The molecule has 1 aromatic rings. The second-order valence-electron chi connectivity index (χ2n) is 7.03. The van der Waals surface area contributed by atoms with Gasteiger partial charge in [0.05, 0.1) is 37.7 Å². The number of hydrogen-bond acceptors (Lipinski definition) is 6. The van der Waals surface area contributed by atoms with Crippen LogP contribution in [0.5, 0.6) is 0 Å². The molecule has 166 valence electrons. The number of hydrogen-bond donors (Lipinski definition) is 2. The summed E-state index contributed by atoms with van der Waals surface area (Å²) in [6, 6.07) is 1.05. The Morgan fingerprint density at radius 2 is 1.97 bits per heavy atom. The number of pyridine rings is 1. The molecule has 0 radical (unpaired) electrons. The van der Waals surface area contributed by atoms with E-state index in [0.29, 0.717) is 30.1 Å². The molecule has 9 heteroatoms. The lowest BCUT2D eigenvalue weighted by atomic mass is 9.95. The second kappa shape index (κ2) is 11.0. The quantitative estimate of drug-likeness (QED) is 0.390. The number of carbonyl (C=O) groups excluding carboxylic acids is 3. The number of ether oxygens (including phenoxy) is 2. The minimum Gasteiger partial charge on any atom is -0.498 e. The molecule has 0 saturated carbocycles. The summed E-state index contributed by atoms with van der Waals surface area (Å²) < 4.78 is 10.5. The Morgan fingerprint density at radius 1 is 1.23 bits per heavy atom. The second-order valence-corrected chi connectivity index (χ2v) is 7.03. The number of allylic oxidation sites excluding steroid dienone is 2. The van der Waals surface area contributed by atoms with Gasteiger partial charge in [-0.05, 0) is 43.9 Å². The van der Waals surface area contributed by atoms with E-state index >= 15 is 0 Å². The van der Waals surface area contributed by atoms with Crippen molar-refractivity contribution in [2.45, 2.75) is 32.2 Å². The maximum absolute atomic E-state index is 12.9. The van der Waals surface area contributed by atoms with Gasteiger partial charge >= 0.3 is 11.8 Å². The summed E-state index contributed by atoms with van der Waals surface area (Å²) in [6.07, 6.45) is 8.49. The number of anilines is 1. The molecule has 0 spiro atoms. The number of nitrogens with zero attached hydrogens (tertiary/aromatic N) is 2. The fourth-order valence-corrected chi connectivity index (χ4v) is 3.24. The van der Waals surface area contributed by atoms with Crippen LogP contribution in [0.3, 0.4) is 0 Å². The Labute approximate surface area is 181 Å². The van der Waals surface area contributed by atoms with Crippen LogP contribution in [0.25, 0.3) is 0 Å². The highest BCUT2D eigenvalue weighted by Gasteiger charge is 2.31. The summed E-state index contributed by atoms with van der Waals surface area (Å²) in [5.41, 5.74) is 6.25. The number of amides is 3. The van der Waals surface area contributed by atoms with Crippen LogP contribution in [0, 0.1) is 0 Å². The standard InChI is InChI=1S/C22H28N4O5/c1-14(8-9-19(31-4)15(2)30-3)18-7-5-6-10-26(18)22(29)21(28)25-17-11-16(20(23)27)12-24-13-17/h8-9,11-13,18H,1,5-7,10H2,2-4H3,(H2,23,27)(H,25,28)/b9-8-,19-15-/t18-/m0/s1. The van der Waals surface area contributed by atoms with Crippen LogP contribution in [0.1, 0.15) is 36.5 Å². The molecule has 1 saturated heterocycles. The first-order valence-corrected chi connectivity index (χ1v) is 9.81. The smallest absolute Gasteiger partial charge is 0.313 e. The molecular weight excluding hydrogens is 400 g/mol. The average molecular weight is 428 g/mol. The van der Waals surface area contributed by atoms with Crippen LogP contribution in [-0.4, -0.2) is 54.4 Å². The largest absolute Gasteiger partial charge is 0.498 e. The number of rotatable bonds is 7. The maximum Gasteiger partial charge on any atom is 0.313 e. The summed E-state index contributed by atoms with van der Waals surface area (Å²) in [7, 11) is 3.08. The van der Waals surface area contributed by atoms with Crippen LogP contribution in [0.2, 0.25) is 0 Å². The normalized spacial score (nSPS) is 17.0. The van der Waals surface area contributed by atoms with Crippen molar-refractivity contribution in [2.75, 3.05) is 26.1 Å². The highest BCUT2D eigenvalue weighted by atomic mass is 16.5. The summed E-state index contributed by atoms with van der Waals surface area (Å²) >= 11 is 0. The average Bonchev–Trinajstić information content (AvgIpc) is 2.78. The number of piperidine rings is 1. The topological polar surface area (TPSA) is 124 Å². The lowest BCUT2D eigenvalue weighted by molar-refractivity contribution is -0.145. The predicted molar refractivity (Wildman–Crippen MR) is 116 cm³/mol. The lowest BCUT2D eigenvalue weighted by Gasteiger charge is -2.35. The summed E-state index contributed by atoms with van der Waals surface area (Å²) in [5, 5.41) is 2.48. The van der Waals surface area contributed by atoms with Gasteiger partial charge < -0.3 is 25.4 Å². The molecule has 31 heavy (non-hydrogen) atoms. The summed E-state index contributed by atoms with van der Waals surface area (Å²) in [6.45, 7) is 6.29. The van der Waals surface area contributed by atoms with E-state index in [0.717, 1.165) is 12.8 Å². The Morgan fingerprint density at radius 3 is 2.61 bits per heavy atom. The van der Waals surface area contributed by atoms with E-state index in [-0.39, 0.29) is 17.3 Å². The number of likely N-dealkylation sites (tertiary alicyclic amines) is 1. The number of aromatic nitrogens is 1. The third-order valence-corrected chi connectivity index (χ3v) is 4.99. The number of carbonyl (C=O) groups is 3. The fourth-order valence-electron chi connectivity index (χ4n) is 3.24. The maximum atomic E-state index is 12.9. The SMILES string of the molecule is C=C(/C=C\C(OC)=C(/C)OC)[C@@H]1CCCCN1C(=O)C(=O)Nc1cncc(C(N)=O)c1. The molecule has 3 amide bonds. The zero-order valence-corrected chi connectivity index (χ0v) is 18.0. The molecular formula is C22H28N4O5. The number of primary amides is 1. The first-order chi connectivity index (χ1) is 14.8. The molecule has 0 unspecified atom stereocenters. The Kier molecular flexibility index (Phi) is 8.36. The number of nitrogens with one attached hydrogen (secondary N) is 1. The Hall–Kier alpha value is -3.62. The third-order valence-electron chi connectivity index (χ3n) is 4.99. The van der Waals surface area contributed by atoms with E-state index in [4.69, 9.17) is 15.2 Å². The molecule has 3 N–H and O–H groups in total. The first kappa shape index (κ1) is 23.7. The van der Waals surface area contributed by atoms with Crippen LogP contribution < -0.4 is 11.1 Å². The van der Waals surface area contributed by atoms with Crippen LogP contribution >= 0.6 is 0 Å². The Bertz CT molecular complexity index is 922. The van der Waals surface area contributed by atoms with Gasteiger partial charge in [0.15, 0.2) is 5.76 Å². The van der Waals surface area contributed by atoms with E-state index in [1.54, 1.807) is 26.2 Å². The Balaban J connectivity index is 2.14. The molecule has 1 aliphatic heterocycles. The van der Waals surface area contributed by atoms with Crippen LogP contribution in [0.4, 0.5) is 5.69 Å². The minimum atomic E-state index is -0.820. The van der Waals surface area contributed by atoms with Crippen molar-refractivity contribution >= 4 is 23.4 Å². The zero-order chi connectivity index (χ0) is 23.0. The summed E-state index contributed by atoms with van der Waals surface area (Å²) in [4.78, 5) is 42.1. The van der Waals surface area contributed by atoms with E-state index in [1.165, 1.54) is 30.5 Å². The molecule has 1 aromatic heterocycles. The van der Waals surface area contributed by atoms with Gasteiger partial charge in [0.2, 0.25) is 5.91 Å². The molecule has 1 aliphatic rings. The van der Waals surface area contributed by atoms with Crippen molar-refractivity contribution in [1.29, 1.82) is 0 Å². The van der Waals surface area contributed by atoms with Gasteiger partial charge in [0.1, 0.15) is 5.76 Å². The molecule has 1 fully saturated rings.